The Kier molecular flexibility index (Phi) is 3.44. The maximum atomic E-state index is 12.4. The highest BCUT2D eigenvalue weighted by atomic mass is 16.7. The first-order valence-electron chi connectivity index (χ1n) is 6.56. The fraction of sp³-hybridized carbons (Fsp3) is 0.429. The van der Waals surface area contributed by atoms with Crippen molar-refractivity contribution in [1.82, 2.24) is 9.80 Å². The minimum atomic E-state index is -0.0000855. The molecule has 0 atom stereocenters. The number of nitriles is 1. The van der Waals surface area contributed by atoms with Gasteiger partial charge in [0.05, 0.1) is 12.6 Å². The van der Waals surface area contributed by atoms with Crippen molar-refractivity contribution < 1.29 is 14.3 Å². The van der Waals surface area contributed by atoms with Crippen molar-refractivity contribution in [3.05, 3.63) is 23.8 Å². The lowest BCUT2D eigenvalue weighted by molar-refractivity contribution is 0.0651. The number of fused-ring (bicyclic) bond motifs is 1. The molecule has 2 aliphatic heterocycles. The summed E-state index contributed by atoms with van der Waals surface area (Å²) >= 11 is 0. The number of amides is 1. The number of carbonyl (C=O) groups excluding carboxylic acids is 1. The van der Waals surface area contributed by atoms with Crippen molar-refractivity contribution in [3.63, 3.8) is 0 Å². The van der Waals surface area contributed by atoms with Crippen LogP contribution in [-0.2, 0) is 0 Å². The topological polar surface area (TPSA) is 65.8 Å². The first kappa shape index (κ1) is 12.8. The first-order chi connectivity index (χ1) is 9.78. The van der Waals surface area contributed by atoms with E-state index in [0.29, 0.717) is 36.7 Å². The van der Waals surface area contributed by atoms with Gasteiger partial charge in [0, 0.05) is 31.7 Å². The highest BCUT2D eigenvalue weighted by molar-refractivity contribution is 5.95. The van der Waals surface area contributed by atoms with Crippen LogP contribution in [0, 0.1) is 11.3 Å². The van der Waals surface area contributed by atoms with Gasteiger partial charge < -0.3 is 14.4 Å². The Balaban J connectivity index is 1.66. The second-order valence-corrected chi connectivity index (χ2v) is 4.79. The Labute approximate surface area is 117 Å². The number of ether oxygens (including phenoxy) is 2. The molecule has 1 amide bonds. The molecule has 1 aromatic rings. The van der Waals surface area contributed by atoms with E-state index in [1.807, 2.05) is 9.80 Å². The van der Waals surface area contributed by atoms with Crippen molar-refractivity contribution in [2.75, 3.05) is 39.5 Å². The van der Waals surface area contributed by atoms with Crippen molar-refractivity contribution in [1.29, 1.82) is 5.26 Å². The number of piperazine rings is 1. The van der Waals surface area contributed by atoms with Gasteiger partial charge in [0.1, 0.15) is 0 Å². The van der Waals surface area contributed by atoms with Gasteiger partial charge in [0.25, 0.3) is 5.91 Å². The molecular formula is C14H15N3O3. The molecule has 1 aromatic carbocycles. The largest absolute Gasteiger partial charge is 0.454 e. The monoisotopic (exact) mass is 273 g/mol. The number of benzene rings is 1. The molecule has 0 unspecified atom stereocenters. The Morgan fingerprint density at radius 2 is 1.95 bits per heavy atom. The summed E-state index contributed by atoms with van der Waals surface area (Å²) < 4.78 is 10.5. The Bertz CT molecular complexity index is 559. The summed E-state index contributed by atoms with van der Waals surface area (Å²) in [6.07, 6.45) is 0. The number of hydrogen-bond donors (Lipinski definition) is 0. The molecule has 0 radical (unpaired) electrons. The van der Waals surface area contributed by atoms with E-state index < -0.39 is 0 Å². The van der Waals surface area contributed by atoms with E-state index in [0.717, 1.165) is 13.1 Å². The molecule has 0 saturated carbocycles. The third-order valence-electron chi connectivity index (χ3n) is 3.57. The van der Waals surface area contributed by atoms with Crippen molar-refractivity contribution in [3.8, 4) is 17.6 Å². The summed E-state index contributed by atoms with van der Waals surface area (Å²) in [6, 6.07) is 7.39. The lowest BCUT2D eigenvalue weighted by atomic mass is 10.1. The zero-order chi connectivity index (χ0) is 13.9. The van der Waals surface area contributed by atoms with E-state index in [2.05, 4.69) is 6.07 Å². The second kappa shape index (κ2) is 5.39. The molecule has 6 nitrogen and oxygen atoms in total. The predicted molar refractivity (Wildman–Crippen MR) is 70.5 cm³/mol. The molecule has 0 bridgehead atoms. The molecule has 104 valence electrons. The molecule has 1 saturated heterocycles. The highest BCUT2D eigenvalue weighted by Crippen LogP contribution is 2.32. The van der Waals surface area contributed by atoms with Gasteiger partial charge in [0.2, 0.25) is 6.79 Å². The SMILES string of the molecule is N#CCN1CCN(C(=O)c2ccc3c(c2)OCO3)CC1. The molecule has 0 aromatic heterocycles. The molecule has 0 spiro atoms. The lowest BCUT2D eigenvalue weighted by Gasteiger charge is -2.33. The molecule has 1 fully saturated rings. The van der Waals surface area contributed by atoms with E-state index in [4.69, 9.17) is 14.7 Å². The zero-order valence-electron chi connectivity index (χ0n) is 11.0. The molecule has 2 aliphatic rings. The van der Waals surface area contributed by atoms with E-state index in [9.17, 15) is 4.79 Å². The van der Waals surface area contributed by atoms with E-state index >= 15 is 0 Å². The minimum absolute atomic E-state index is 0.0000855. The maximum Gasteiger partial charge on any atom is 0.254 e. The van der Waals surface area contributed by atoms with Gasteiger partial charge in [0.15, 0.2) is 11.5 Å². The lowest BCUT2D eigenvalue weighted by Crippen LogP contribution is -2.48. The Morgan fingerprint density at radius 1 is 1.20 bits per heavy atom. The van der Waals surface area contributed by atoms with Crippen LogP contribution in [0.5, 0.6) is 11.5 Å². The van der Waals surface area contributed by atoms with Crippen LogP contribution >= 0.6 is 0 Å². The molecular weight excluding hydrogens is 258 g/mol. The van der Waals surface area contributed by atoms with E-state index in [1.165, 1.54) is 0 Å². The number of nitrogens with zero attached hydrogens (tertiary/aromatic N) is 3. The van der Waals surface area contributed by atoms with Gasteiger partial charge >= 0.3 is 0 Å². The smallest absolute Gasteiger partial charge is 0.254 e. The average molecular weight is 273 g/mol. The second-order valence-electron chi connectivity index (χ2n) is 4.79. The summed E-state index contributed by atoms with van der Waals surface area (Å²) in [5, 5.41) is 8.66. The van der Waals surface area contributed by atoms with Gasteiger partial charge in [-0.2, -0.15) is 5.26 Å². The third-order valence-corrected chi connectivity index (χ3v) is 3.57. The molecule has 20 heavy (non-hydrogen) atoms. The van der Waals surface area contributed by atoms with Gasteiger partial charge in [-0.05, 0) is 18.2 Å². The summed E-state index contributed by atoms with van der Waals surface area (Å²) in [4.78, 5) is 16.3. The molecule has 3 rings (SSSR count). The van der Waals surface area contributed by atoms with E-state index in [-0.39, 0.29) is 12.7 Å². The summed E-state index contributed by atoms with van der Waals surface area (Å²) in [5.41, 5.74) is 0.614. The van der Waals surface area contributed by atoms with Gasteiger partial charge in [-0.15, -0.1) is 0 Å². The van der Waals surface area contributed by atoms with Crippen LogP contribution < -0.4 is 9.47 Å². The highest BCUT2D eigenvalue weighted by Gasteiger charge is 2.23. The van der Waals surface area contributed by atoms with Crippen molar-refractivity contribution >= 4 is 5.91 Å². The fourth-order valence-corrected chi connectivity index (χ4v) is 2.42. The minimum Gasteiger partial charge on any atom is -0.454 e. The maximum absolute atomic E-state index is 12.4. The average Bonchev–Trinajstić information content (AvgIpc) is 2.95. The number of rotatable bonds is 2. The van der Waals surface area contributed by atoms with Crippen LogP contribution in [0.3, 0.4) is 0 Å². The predicted octanol–water partition coefficient (Wildman–Crippen LogP) is 0.697. The van der Waals surface area contributed by atoms with Crippen LogP contribution in [0.15, 0.2) is 18.2 Å². The molecule has 2 heterocycles. The number of carbonyl (C=O) groups is 1. The Morgan fingerprint density at radius 3 is 2.70 bits per heavy atom. The zero-order valence-corrected chi connectivity index (χ0v) is 11.0. The molecule has 6 heteroatoms. The number of hydrogen-bond acceptors (Lipinski definition) is 5. The fourth-order valence-electron chi connectivity index (χ4n) is 2.42. The van der Waals surface area contributed by atoms with E-state index in [1.54, 1.807) is 18.2 Å². The van der Waals surface area contributed by atoms with Crippen molar-refractivity contribution in [2.45, 2.75) is 0 Å². The van der Waals surface area contributed by atoms with Crippen LogP contribution in [0.1, 0.15) is 10.4 Å². The standard InChI is InChI=1S/C14H15N3O3/c15-3-4-16-5-7-17(8-6-16)14(18)11-1-2-12-13(9-11)20-10-19-12/h1-2,9H,4-8,10H2. The third kappa shape index (κ3) is 2.40. The Hall–Kier alpha value is -2.26. The van der Waals surface area contributed by atoms with Gasteiger partial charge in [-0.25, -0.2) is 0 Å². The summed E-state index contributed by atoms with van der Waals surface area (Å²) in [6.45, 7) is 3.41. The van der Waals surface area contributed by atoms with Crippen LogP contribution in [0.2, 0.25) is 0 Å². The van der Waals surface area contributed by atoms with Gasteiger partial charge in [-0.1, -0.05) is 0 Å². The first-order valence-corrected chi connectivity index (χ1v) is 6.56. The summed E-state index contributed by atoms with van der Waals surface area (Å²) in [7, 11) is 0. The summed E-state index contributed by atoms with van der Waals surface area (Å²) in [5.74, 6) is 1.30. The van der Waals surface area contributed by atoms with Crippen molar-refractivity contribution in [2.24, 2.45) is 0 Å². The van der Waals surface area contributed by atoms with Crippen LogP contribution in [0.25, 0.3) is 0 Å². The van der Waals surface area contributed by atoms with Crippen LogP contribution in [0.4, 0.5) is 0 Å². The molecule has 0 N–H and O–H groups in total. The normalized spacial score (nSPS) is 17.9. The molecule has 0 aliphatic carbocycles. The van der Waals surface area contributed by atoms with Crippen LogP contribution in [-0.4, -0.2) is 55.2 Å². The van der Waals surface area contributed by atoms with Gasteiger partial charge in [-0.3, -0.25) is 9.69 Å². The quantitative estimate of drug-likeness (QED) is 0.742.